The van der Waals surface area contributed by atoms with Gasteiger partial charge in [-0.1, -0.05) is 11.6 Å². The molecule has 2 aromatic carbocycles. The van der Waals surface area contributed by atoms with Gasteiger partial charge in [0.2, 0.25) is 0 Å². The summed E-state index contributed by atoms with van der Waals surface area (Å²) in [4.78, 5) is 14.8. The Kier molecular flexibility index (Phi) is 6.47. The smallest absolute Gasteiger partial charge is 0.269 e. The summed E-state index contributed by atoms with van der Waals surface area (Å²) >= 11 is 6.11. The van der Waals surface area contributed by atoms with Gasteiger partial charge in [-0.15, -0.1) is 0 Å². The fraction of sp³-hybridized carbons (Fsp3) is 0.269. The van der Waals surface area contributed by atoms with Gasteiger partial charge in [-0.05, 0) is 74.2 Å². The first-order chi connectivity index (χ1) is 16.5. The van der Waals surface area contributed by atoms with E-state index in [0.717, 1.165) is 53.6 Å². The molecular weight excluding hydrogens is 452 g/mol. The third-order valence-corrected chi connectivity index (χ3v) is 6.62. The second-order valence-electron chi connectivity index (χ2n) is 8.66. The summed E-state index contributed by atoms with van der Waals surface area (Å²) in [5.74, 6) is 1.57. The third-order valence-electron chi connectivity index (χ3n) is 6.38. The van der Waals surface area contributed by atoms with Crippen molar-refractivity contribution in [3.63, 3.8) is 0 Å². The number of rotatable bonds is 7. The number of furan rings is 1. The predicted molar refractivity (Wildman–Crippen MR) is 134 cm³/mol. The molecule has 0 saturated heterocycles. The van der Waals surface area contributed by atoms with Crippen molar-refractivity contribution in [3.8, 4) is 11.3 Å². The van der Waals surface area contributed by atoms with Crippen LogP contribution in [-0.2, 0) is 6.54 Å². The van der Waals surface area contributed by atoms with Crippen molar-refractivity contribution < 1.29 is 9.34 Å². The monoisotopic (exact) mass is 476 g/mol. The van der Waals surface area contributed by atoms with Gasteiger partial charge < -0.3 is 15.1 Å². The van der Waals surface area contributed by atoms with E-state index in [1.807, 2.05) is 42.6 Å². The van der Waals surface area contributed by atoms with E-state index in [1.54, 1.807) is 12.1 Å². The molecule has 0 atom stereocenters. The molecule has 1 saturated carbocycles. The van der Waals surface area contributed by atoms with Crippen molar-refractivity contribution in [3.05, 3.63) is 87.8 Å². The molecule has 4 aromatic rings. The van der Waals surface area contributed by atoms with Gasteiger partial charge in [-0.25, -0.2) is 0 Å². The molecule has 7 nitrogen and oxygen atoms in total. The quantitative estimate of drug-likeness (QED) is 0.231. The van der Waals surface area contributed by atoms with E-state index < -0.39 is 4.92 Å². The Bertz CT molecular complexity index is 1300. The second kappa shape index (κ2) is 9.83. The summed E-state index contributed by atoms with van der Waals surface area (Å²) in [5.41, 5.74) is 2.91. The zero-order valence-electron chi connectivity index (χ0n) is 18.5. The van der Waals surface area contributed by atoms with E-state index in [9.17, 15) is 10.1 Å². The lowest BCUT2D eigenvalue weighted by Gasteiger charge is -2.30. The number of anilines is 1. The van der Waals surface area contributed by atoms with Gasteiger partial charge >= 0.3 is 0 Å². The number of halogens is 1. The summed E-state index contributed by atoms with van der Waals surface area (Å²) in [5, 5.41) is 19.9. The van der Waals surface area contributed by atoms with Crippen molar-refractivity contribution >= 4 is 33.9 Å². The van der Waals surface area contributed by atoms with Gasteiger partial charge in [-0.2, -0.15) is 0 Å². The number of fused-ring (bicyclic) bond motifs is 1. The molecular formula is C26H25ClN4O3. The highest BCUT2D eigenvalue weighted by Gasteiger charge is 2.21. The van der Waals surface area contributed by atoms with Gasteiger partial charge in [0, 0.05) is 52.1 Å². The molecule has 2 aromatic heterocycles. The zero-order valence-corrected chi connectivity index (χ0v) is 19.3. The maximum atomic E-state index is 10.8. The molecule has 2 N–H and O–H groups in total. The van der Waals surface area contributed by atoms with Crippen molar-refractivity contribution in [2.45, 2.75) is 44.3 Å². The van der Waals surface area contributed by atoms with Crippen LogP contribution in [0.2, 0.25) is 5.02 Å². The highest BCUT2D eigenvalue weighted by Crippen LogP contribution is 2.29. The standard InChI is InChI=1S/C26H25ClN4O3/c27-18-3-11-23-24(13-14-28-25(23)15-18)30-20-6-4-19(5-7-20)29-16-22-10-12-26(34-22)17-1-8-21(9-2-17)31(32)33/h1-3,8-15,19-20,29H,4-7,16H2,(H,28,30)/t19-,20+. The number of nitro groups is 1. The molecule has 0 spiro atoms. The van der Waals surface area contributed by atoms with Crippen molar-refractivity contribution in [2.24, 2.45) is 0 Å². The number of benzene rings is 2. The highest BCUT2D eigenvalue weighted by molar-refractivity contribution is 6.31. The van der Waals surface area contributed by atoms with E-state index >= 15 is 0 Å². The van der Waals surface area contributed by atoms with Crippen LogP contribution in [-0.4, -0.2) is 22.0 Å². The minimum atomic E-state index is -0.402. The van der Waals surface area contributed by atoms with E-state index in [2.05, 4.69) is 15.6 Å². The summed E-state index contributed by atoms with van der Waals surface area (Å²) in [7, 11) is 0. The molecule has 8 heteroatoms. The normalized spacial score (nSPS) is 18.1. The van der Waals surface area contributed by atoms with Crippen LogP contribution in [0, 0.1) is 10.1 Å². The fourth-order valence-corrected chi connectivity index (χ4v) is 4.70. The molecule has 0 amide bonds. The largest absolute Gasteiger partial charge is 0.460 e. The summed E-state index contributed by atoms with van der Waals surface area (Å²) in [6.45, 7) is 0.658. The number of nitrogens with zero attached hydrogens (tertiary/aromatic N) is 2. The lowest BCUT2D eigenvalue weighted by atomic mass is 9.91. The van der Waals surface area contributed by atoms with Gasteiger partial charge in [0.1, 0.15) is 11.5 Å². The molecule has 0 radical (unpaired) electrons. The Hall–Kier alpha value is -3.42. The first-order valence-electron chi connectivity index (χ1n) is 11.4. The predicted octanol–water partition coefficient (Wildman–Crippen LogP) is 6.57. The number of hydrogen-bond acceptors (Lipinski definition) is 6. The van der Waals surface area contributed by atoms with Crippen molar-refractivity contribution in [1.29, 1.82) is 0 Å². The number of nitrogens with one attached hydrogen (secondary N) is 2. The van der Waals surface area contributed by atoms with Crippen LogP contribution in [0.25, 0.3) is 22.2 Å². The summed E-state index contributed by atoms with van der Waals surface area (Å²) in [6.07, 6.45) is 6.16. The van der Waals surface area contributed by atoms with Gasteiger partial charge in [0.05, 0.1) is 17.0 Å². The summed E-state index contributed by atoms with van der Waals surface area (Å²) in [6, 6.07) is 19.0. The van der Waals surface area contributed by atoms with E-state index in [4.69, 9.17) is 16.0 Å². The number of non-ortho nitro benzene ring substituents is 1. The minimum Gasteiger partial charge on any atom is -0.460 e. The number of pyridine rings is 1. The number of nitro benzene ring substituents is 1. The van der Waals surface area contributed by atoms with Gasteiger partial charge in [0.15, 0.2) is 0 Å². The van der Waals surface area contributed by atoms with Crippen molar-refractivity contribution in [2.75, 3.05) is 5.32 Å². The Morgan fingerprint density at radius 1 is 1.00 bits per heavy atom. The average Bonchev–Trinajstić information content (AvgIpc) is 3.33. The average molecular weight is 477 g/mol. The van der Waals surface area contributed by atoms with Crippen LogP contribution in [0.3, 0.4) is 0 Å². The summed E-state index contributed by atoms with van der Waals surface area (Å²) < 4.78 is 5.95. The maximum Gasteiger partial charge on any atom is 0.269 e. The lowest BCUT2D eigenvalue weighted by molar-refractivity contribution is -0.384. The van der Waals surface area contributed by atoms with Crippen LogP contribution < -0.4 is 10.6 Å². The molecule has 34 heavy (non-hydrogen) atoms. The topological polar surface area (TPSA) is 93.2 Å². The first-order valence-corrected chi connectivity index (χ1v) is 11.8. The first kappa shape index (κ1) is 22.4. The maximum absolute atomic E-state index is 10.8. The SMILES string of the molecule is O=[N+]([O-])c1ccc(-c2ccc(CN[C@H]3CC[C@@H](Nc4ccnc5cc(Cl)ccc45)CC3)o2)cc1. The number of aromatic nitrogens is 1. The van der Waals surface area contributed by atoms with Crippen LogP contribution in [0.15, 0.2) is 71.3 Å². The lowest BCUT2D eigenvalue weighted by Crippen LogP contribution is -2.36. The molecule has 0 bridgehead atoms. The molecule has 1 fully saturated rings. The van der Waals surface area contributed by atoms with Crippen LogP contribution in [0.4, 0.5) is 11.4 Å². The highest BCUT2D eigenvalue weighted by atomic mass is 35.5. The fourth-order valence-electron chi connectivity index (χ4n) is 4.53. The molecule has 1 aliphatic carbocycles. The van der Waals surface area contributed by atoms with Crippen molar-refractivity contribution in [1.82, 2.24) is 10.3 Å². The molecule has 0 unspecified atom stereocenters. The Balaban J connectivity index is 1.12. The van der Waals surface area contributed by atoms with Crippen LogP contribution >= 0.6 is 11.6 Å². The van der Waals surface area contributed by atoms with Gasteiger partial charge in [-0.3, -0.25) is 15.1 Å². The molecule has 0 aliphatic heterocycles. The Morgan fingerprint density at radius 3 is 2.53 bits per heavy atom. The number of hydrogen-bond donors (Lipinski definition) is 2. The zero-order chi connectivity index (χ0) is 23.5. The third kappa shape index (κ3) is 5.05. The molecule has 174 valence electrons. The minimum absolute atomic E-state index is 0.0730. The molecule has 1 aliphatic rings. The van der Waals surface area contributed by atoms with Crippen LogP contribution in [0.5, 0.6) is 0 Å². The Labute approximate surface area is 202 Å². The second-order valence-corrected chi connectivity index (χ2v) is 9.10. The van der Waals surface area contributed by atoms with Gasteiger partial charge in [0.25, 0.3) is 5.69 Å². The molecule has 5 rings (SSSR count). The van der Waals surface area contributed by atoms with E-state index in [1.165, 1.54) is 12.1 Å². The molecule has 2 heterocycles. The Morgan fingerprint density at radius 2 is 1.76 bits per heavy atom. The van der Waals surface area contributed by atoms with Crippen LogP contribution in [0.1, 0.15) is 31.4 Å². The van der Waals surface area contributed by atoms with E-state index in [-0.39, 0.29) is 5.69 Å². The van der Waals surface area contributed by atoms with E-state index in [0.29, 0.717) is 29.4 Å².